The molecule has 0 N–H and O–H groups in total. The molecule has 8 heteroatoms. The Kier molecular flexibility index (Phi) is 5.69. The number of anilines is 1. The summed E-state index contributed by atoms with van der Waals surface area (Å²) in [4.78, 5) is 2.27. The normalized spacial score (nSPS) is 15.2. The van der Waals surface area contributed by atoms with Gasteiger partial charge in [0.2, 0.25) is 10.0 Å². The molecular formula is C22H24N4O3S. The first-order valence-electron chi connectivity index (χ1n) is 9.78. The predicted molar refractivity (Wildman–Crippen MR) is 116 cm³/mol. The molecule has 3 aromatic rings. The summed E-state index contributed by atoms with van der Waals surface area (Å²) in [6.45, 7) is 3.72. The van der Waals surface area contributed by atoms with E-state index >= 15 is 0 Å². The van der Waals surface area contributed by atoms with Crippen molar-refractivity contribution in [3.63, 3.8) is 0 Å². The molecule has 1 aliphatic rings. The molecule has 1 fully saturated rings. The second-order valence-electron chi connectivity index (χ2n) is 7.19. The zero-order valence-electron chi connectivity index (χ0n) is 17.0. The predicted octanol–water partition coefficient (Wildman–Crippen LogP) is 2.97. The molecule has 4 rings (SSSR count). The van der Waals surface area contributed by atoms with Gasteiger partial charge in [0.15, 0.2) is 5.82 Å². The summed E-state index contributed by atoms with van der Waals surface area (Å²) >= 11 is 0. The van der Waals surface area contributed by atoms with Crippen LogP contribution in [-0.2, 0) is 10.0 Å². The Morgan fingerprint density at radius 2 is 1.63 bits per heavy atom. The molecule has 1 aliphatic heterocycles. The first-order chi connectivity index (χ1) is 14.5. The van der Waals surface area contributed by atoms with Gasteiger partial charge in [0.1, 0.15) is 10.6 Å². The topological polar surface area (TPSA) is 75.6 Å². The van der Waals surface area contributed by atoms with Gasteiger partial charge in [-0.05, 0) is 36.8 Å². The number of methoxy groups -OCH3 is 1. The highest BCUT2D eigenvalue weighted by Crippen LogP contribution is 2.29. The van der Waals surface area contributed by atoms with Crippen molar-refractivity contribution in [1.82, 2.24) is 14.5 Å². The molecule has 0 unspecified atom stereocenters. The molecular weight excluding hydrogens is 400 g/mol. The lowest BCUT2D eigenvalue weighted by Gasteiger charge is -2.34. The quantitative estimate of drug-likeness (QED) is 0.627. The Morgan fingerprint density at radius 3 is 2.27 bits per heavy atom. The van der Waals surface area contributed by atoms with E-state index in [-0.39, 0.29) is 4.90 Å². The highest BCUT2D eigenvalue weighted by molar-refractivity contribution is 7.89. The number of aryl methyl sites for hydroxylation is 1. The summed E-state index contributed by atoms with van der Waals surface area (Å²) in [7, 11) is -2.14. The summed E-state index contributed by atoms with van der Waals surface area (Å²) in [5.41, 5.74) is 2.70. The molecule has 0 atom stereocenters. The van der Waals surface area contributed by atoms with Crippen molar-refractivity contribution >= 4 is 15.8 Å². The first kappa shape index (κ1) is 20.3. The van der Waals surface area contributed by atoms with Crippen LogP contribution >= 0.6 is 0 Å². The fourth-order valence-corrected chi connectivity index (χ4v) is 5.20. The summed E-state index contributed by atoms with van der Waals surface area (Å²) in [6.07, 6.45) is 0. The van der Waals surface area contributed by atoms with Gasteiger partial charge >= 0.3 is 0 Å². The monoisotopic (exact) mass is 424 g/mol. The van der Waals surface area contributed by atoms with E-state index in [1.54, 1.807) is 12.1 Å². The van der Waals surface area contributed by atoms with E-state index < -0.39 is 10.0 Å². The Labute approximate surface area is 177 Å². The first-order valence-corrected chi connectivity index (χ1v) is 11.2. The smallest absolute Gasteiger partial charge is 0.246 e. The van der Waals surface area contributed by atoms with E-state index in [4.69, 9.17) is 4.74 Å². The maximum Gasteiger partial charge on any atom is 0.246 e. The molecule has 0 amide bonds. The molecule has 2 heterocycles. The highest BCUT2D eigenvalue weighted by Gasteiger charge is 2.31. The largest absolute Gasteiger partial charge is 0.495 e. The van der Waals surface area contributed by atoms with Crippen LogP contribution in [0.4, 0.5) is 5.82 Å². The number of hydrogen-bond acceptors (Lipinski definition) is 6. The summed E-state index contributed by atoms with van der Waals surface area (Å²) < 4.78 is 33.1. The minimum atomic E-state index is -3.63. The third-order valence-electron chi connectivity index (χ3n) is 5.22. The summed E-state index contributed by atoms with van der Waals surface area (Å²) in [6, 6.07) is 19.0. The Bertz CT molecular complexity index is 1110. The fraction of sp³-hybridized carbons (Fsp3) is 0.273. The molecule has 2 aromatic carbocycles. The van der Waals surface area contributed by atoms with Crippen molar-refractivity contribution in [3.05, 3.63) is 66.2 Å². The van der Waals surface area contributed by atoms with Gasteiger partial charge in [-0.2, -0.15) is 4.31 Å². The number of hydrogen-bond donors (Lipinski definition) is 0. The van der Waals surface area contributed by atoms with Crippen molar-refractivity contribution < 1.29 is 13.2 Å². The average molecular weight is 425 g/mol. The van der Waals surface area contributed by atoms with Crippen LogP contribution in [0.3, 0.4) is 0 Å². The van der Waals surface area contributed by atoms with E-state index in [1.807, 2.05) is 55.5 Å². The molecule has 0 bridgehead atoms. The Morgan fingerprint density at radius 1 is 0.900 bits per heavy atom. The number of rotatable bonds is 5. The number of sulfonamides is 1. The lowest BCUT2D eigenvalue weighted by Crippen LogP contribution is -2.49. The van der Waals surface area contributed by atoms with Gasteiger partial charge in [0.25, 0.3) is 0 Å². The minimum absolute atomic E-state index is 0.213. The molecule has 0 aliphatic carbocycles. The summed E-state index contributed by atoms with van der Waals surface area (Å²) in [5, 5.41) is 8.68. The zero-order chi connectivity index (χ0) is 21.1. The maximum atomic E-state index is 13.2. The Hall–Kier alpha value is -2.97. The van der Waals surface area contributed by atoms with Crippen molar-refractivity contribution in [2.45, 2.75) is 11.8 Å². The van der Waals surface area contributed by atoms with Crippen molar-refractivity contribution in [2.24, 2.45) is 0 Å². The van der Waals surface area contributed by atoms with Gasteiger partial charge < -0.3 is 9.64 Å². The molecule has 0 radical (unpaired) electrons. The number of ether oxygens (including phenoxy) is 1. The van der Waals surface area contributed by atoms with Gasteiger partial charge in [0, 0.05) is 31.7 Å². The van der Waals surface area contributed by atoms with E-state index in [9.17, 15) is 8.42 Å². The lowest BCUT2D eigenvalue weighted by molar-refractivity contribution is 0.373. The molecule has 7 nitrogen and oxygen atoms in total. The summed E-state index contributed by atoms with van der Waals surface area (Å²) in [5.74, 6) is 1.12. The number of aromatic nitrogens is 2. The number of nitrogens with zero attached hydrogens (tertiary/aromatic N) is 4. The van der Waals surface area contributed by atoms with Crippen LogP contribution in [0.25, 0.3) is 11.3 Å². The second kappa shape index (κ2) is 8.41. The zero-order valence-corrected chi connectivity index (χ0v) is 17.8. The van der Waals surface area contributed by atoms with Crippen molar-refractivity contribution in [2.75, 3.05) is 38.2 Å². The molecule has 1 aromatic heterocycles. The van der Waals surface area contributed by atoms with Gasteiger partial charge in [-0.25, -0.2) is 8.42 Å². The van der Waals surface area contributed by atoms with Crippen LogP contribution in [-0.4, -0.2) is 56.2 Å². The highest BCUT2D eigenvalue weighted by atomic mass is 32.2. The van der Waals surface area contributed by atoms with E-state index in [2.05, 4.69) is 15.1 Å². The molecule has 156 valence electrons. The third-order valence-corrected chi connectivity index (χ3v) is 7.14. The molecule has 0 spiro atoms. The van der Waals surface area contributed by atoms with Gasteiger partial charge in [-0.1, -0.05) is 36.4 Å². The second-order valence-corrected chi connectivity index (χ2v) is 9.09. The van der Waals surface area contributed by atoms with Crippen LogP contribution in [0.2, 0.25) is 0 Å². The van der Waals surface area contributed by atoms with E-state index in [1.165, 1.54) is 11.4 Å². The van der Waals surface area contributed by atoms with Crippen LogP contribution in [0, 0.1) is 6.92 Å². The number of benzene rings is 2. The molecule has 30 heavy (non-hydrogen) atoms. The van der Waals surface area contributed by atoms with Crippen LogP contribution in [0.5, 0.6) is 5.75 Å². The molecule has 0 saturated carbocycles. The lowest BCUT2D eigenvalue weighted by atomic mass is 10.1. The minimum Gasteiger partial charge on any atom is -0.495 e. The molecule has 1 saturated heterocycles. The van der Waals surface area contributed by atoms with Crippen molar-refractivity contribution in [3.8, 4) is 17.0 Å². The standard InChI is InChI=1S/C22H24N4O3S/c1-17-8-10-20(29-2)21(16-17)30(27,28)26-14-12-25(13-15-26)22-11-9-19(23-24-22)18-6-4-3-5-7-18/h3-11,16H,12-15H2,1-2H3. The SMILES string of the molecule is COc1ccc(C)cc1S(=O)(=O)N1CCN(c2ccc(-c3ccccc3)nn2)CC1. The van der Waals surface area contributed by atoms with Gasteiger partial charge in [-0.3, -0.25) is 0 Å². The maximum absolute atomic E-state index is 13.2. The average Bonchev–Trinajstić information content (AvgIpc) is 2.80. The van der Waals surface area contributed by atoms with Crippen molar-refractivity contribution in [1.29, 1.82) is 0 Å². The van der Waals surface area contributed by atoms with Crippen LogP contribution in [0.1, 0.15) is 5.56 Å². The number of piperazine rings is 1. The van der Waals surface area contributed by atoms with E-state index in [0.717, 1.165) is 22.6 Å². The van der Waals surface area contributed by atoms with Crippen LogP contribution in [0.15, 0.2) is 65.6 Å². The van der Waals surface area contributed by atoms with Gasteiger partial charge in [-0.15, -0.1) is 10.2 Å². The fourth-order valence-electron chi connectivity index (χ4n) is 3.54. The Balaban J connectivity index is 1.47. The van der Waals surface area contributed by atoms with Crippen LogP contribution < -0.4 is 9.64 Å². The van der Waals surface area contributed by atoms with Gasteiger partial charge in [0.05, 0.1) is 12.8 Å². The third kappa shape index (κ3) is 4.01. The van der Waals surface area contributed by atoms with E-state index in [0.29, 0.717) is 31.9 Å².